The van der Waals surface area contributed by atoms with Crippen LogP contribution in [0.25, 0.3) is 33.3 Å². The van der Waals surface area contributed by atoms with E-state index in [1.165, 1.54) is 5.56 Å². The molecule has 0 saturated carbocycles. The predicted octanol–water partition coefficient (Wildman–Crippen LogP) is 4.98. The second-order valence-electron chi connectivity index (χ2n) is 8.14. The van der Waals surface area contributed by atoms with Gasteiger partial charge in [0.25, 0.3) is 0 Å². The Morgan fingerprint density at radius 2 is 1.73 bits per heavy atom. The molecule has 0 aliphatic heterocycles. The lowest BCUT2D eigenvalue weighted by atomic mass is 9.97. The Labute approximate surface area is 192 Å². The fourth-order valence-electron chi connectivity index (χ4n) is 4.02. The first-order valence-electron chi connectivity index (χ1n) is 10.9. The van der Waals surface area contributed by atoms with Gasteiger partial charge in [0.1, 0.15) is 5.75 Å². The number of benzene rings is 3. The standard InChI is InChI=1S/C27H25N5O/c28-21(12-18-6-2-1-3-7-18)16-29-22-14-24(19-10-11-25-20(13-19)15-31-32-25)27(30-17-22)23-8-4-5-9-26(23)33/h1-11,13-15,17,21,29,33H,12,16,28H2,(H,31,32)/t21-/m1/s1. The molecular formula is C27H25N5O. The van der Waals surface area contributed by atoms with E-state index in [9.17, 15) is 5.11 Å². The van der Waals surface area contributed by atoms with E-state index in [1.54, 1.807) is 24.5 Å². The Hall–Kier alpha value is -4.16. The third-order valence-corrected chi connectivity index (χ3v) is 5.71. The first-order chi connectivity index (χ1) is 16.2. The zero-order valence-electron chi connectivity index (χ0n) is 18.1. The van der Waals surface area contributed by atoms with Crippen molar-refractivity contribution >= 4 is 16.6 Å². The van der Waals surface area contributed by atoms with Gasteiger partial charge in [0.05, 0.1) is 29.3 Å². The molecule has 5 N–H and O–H groups in total. The van der Waals surface area contributed by atoms with Crippen molar-refractivity contribution < 1.29 is 5.11 Å². The number of fused-ring (bicyclic) bond motifs is 1. The van der Waals surface area contributed by atoms with Crippen molar-refractivity contribution in [2.24, 2.45) is 5.73 Å². The molecular weight excluding hydrogens is 410 g/mol. The normalized spacial score (nSPS) is 12.0. The molecule has 0 amide bonds. The Morgan fingerprint density at radius 1 is 0.909 bits per heavy atom. The van der Waals surface area contributed by atoms with E-state index >= 15 is 0 Å². The average Bonchev–Trinajstić information content (AvgIpc) is 3.32. The quantitative estimate of drug-likeness (QED) is 0.289. The fourth-order valence-corrected chi connectivity index (χ4v) is 4.02. The highest BCUT2D eigenvalue weighted by atomic mass is 16.3. The maximum Gasteiger partial charge on any atom is 0.124 e. The van der Waals surface area contributed by atoms with Crippen LogP contribution in [0.15, 0.2) is 91.3 Å². The SMILES string of the molecule is N[C@@H](CNc1cnc(-c2ccccc2O)c(-c2ccc3[nH]ncc3c2)c1)Cc1ccccc1. The highest BCUT2D eigenvalue weighted by Crippen LogP contribution is 2.37. The van der Waals surface area contributed by atoms with Crippen molar-refractivity contribution in [2.45, 2.75) is 12.5 Å². The first kappa shape index (κ1) is 20.7. The number of nitrogens with two attached hydrogens (primary N) is 1. The minimum atomic E-state index is -0.0315. The van der Waals surface area contributed by atoms with Gasteiger partial charge in [0, 0.05) is 29.1 Å². The largest absolute Gasteiger partial charge is 0.507 e. The van der Waals surface area contributed by atoms with Gasteiger partial charge in [-0.1, -0.05) is 48.5 Å². The lowest BCUT2D eigenvalue weighted by Gasteiger charge is -2.16. The molecule has 0 unspecified atom stereocenters. The van der Waals surface area contributed by atoms with E-state index in [0.717, 1.165) is 39.8 Å². The summed E-state index contributed by atoms with van der Waals surface area (Å²) in [4.78, 5) is 4.73. The number of aromatic amines is 1. The number of H-pyrrole nitrogens is 1. The summed E-state index contributed by atoms with van der Waals surface area (Å²) in [5.41, 5.74) is 12.7. The number of hydrogen-bond acceptors (Lipinski definition) is 5. The van der Waals surface area contributed by atoms with Crippen LogP contribution < -0.4 is 11.1 Å². The van der Waals surface area contributed by atoms with Gasteiger partial charge >= 0.3 is 0 Å². The van der Waals surface area contributed by atoms with Crippen molar-refractivity contribution in [1.82, 2.24) is 15.2 Å². The Kier molecular flexibility index (Phi) is 5.74. The van der Waals surface area contributed by atoms with Crippen molar-refractivity contribution in [3.63, 3.8) is 0 Å². The summed E-state index contributed by atoms with van der Waals surface area (Å²) in [5.74, 6) is 0.196. The molecule has 5 rings (SSSR count). The van der Waals surface area contributed by atoms with Gasteiger partial charge in [-0.2, -0.15) is 5.10 Å². The lowest BCUT2D eigenvalue weighted by molar-refractivity contribution is 0.477. The van der Waals surface area contributed by atoms with E-state index in [4.69, 9.17) is 10.7 Å². The summed E-state index contributed by atoms with van der Waals surface area (Å²) in [6.07, 6.45) is 4.38. The molecule has 5 aromatic rings. The van der Waals surface area contributed by atoms with E-state index in [1.807, 2.05) is 42.5 Å². The number of pyridine rings is 1. The minimum Gasteiger partial charge on any atom is -0.507 e. The van der Waals surface area contributed by atoms with Gasteiger partial charge in [-0.15, -0.1) is 0 Å². The Balaban J connectivity index is 1.46. The molecule has 0 radical (unpaired) electrons. The molecule has 0 fully saturated rings. The van der Waals surface area contributed by atoms with Crippen LogP contribution in [0.1, 0.15) is 5.56 Å². The Bertz CT molecular complexity index is 1380. The number of aromatic hydroxyl groups is 1. The van der Waals surface area contributed by atoms with Crippen LogP contribution in [0, 0.1) is 0 Å². The number of nitrogens with zero attached hydrogens (tertiary/aromatic N) is 2. The van der Waals surface area contributed by atoms with Crippen molar-refractivity contribution in [2.75, 3.05) is 11.9 Å². The minimum absolute atomic E-state index is 0.0315. The number of phenolic OH excluding ortho intramolecular Hbond substituents is 1. The molecule has 1 atom stereocenters. The zero-order chi connectivity index (χ0) is 22.6. The van der Waals surface area contributed by atoms with Gasteiger partial charge in [0.15, 0.2) is 0 Å². The fraction of sp³-hybridized carbons (Fsp3) is 0.111. The number of aromatic nitrogens is 3. The number of hydrogen-bond donors (Lipinski definition) is 4. The first-order valence-corrected chi connectivity index (χ1v) is 10.9. The molecule has 2 aromatic heterocycles. The van der Waals surface area contributed by atoms with Gasteiger partial charge < -0.3 is 16.2 Å². The van der Waals surface area contributed by atoms with Crippen LogP contribution in [0.2, 0.25) is 0 Å². The van der Waals surface area contributed by atoms with Crippen molar-refractivity contribution in [1.29, 1.82) is 0 Å². The molecule has 2 heterocycles. The maximum atomic E-state index is 10.5. The van der Waals surface area contributed by atoms with Gasteiger partial charge in [-0.25, -0.2) is 0 Å². The number of anilines is 1. The molecule has 0 spiro atoms. The van der Waals surface area contributed by atoms with E-state index in [0.29, 0.717) is 12.1 Å². The molecule has 3 aromatic carbocycles. The predicted molar refractivity (Wildman–Crippen MR) is 133 cm³/mol. The van der Waals surface area contributed by atoms with Crippen LogP contribution in [-0.2, 0) is 6.42 Å². The van der Waals surface area contributed by atoms with E-state index in [-0.39, 0.29) is 11.8 Å². The molecule has 33 heavy (non-hydrogen) atoms. The summed E-state index contributed by atoms with van der Waals surface area (Å²) in [7, 11) is 0. The van der Waals surface area contributed by atoms with Gasteiger partial charge in [0.2, 0.25) is 0 Å². The summed E-state index contributed by atoms with van der Waals surface area (Å²) in [6.45, 7) is 0.618. The highest BCUT2D eigenvalue weighted by Gasteiger charge is 2.15. The van der Waals surface area contributed by atoms with Crippen LogP contribution in [-0.4, -0.2) is 32.9 Å². The number of rotatable bonds is 7. The molecule has 6 nitrogen and oxygen atoms in total. The van der Waals surface area contributed by atoms with Gasteiger partial charge in [-0.3, -0.25) is 10.1 Å². The zero-order valence-corrected chi connectivity index (χ0v) is 18.1. The van der Waals surface area contributed by atoms with Crippen LogP contribution >= 0.6 is 0 Å². The molecule has 6 heteroatoms. The van der Waals surface area contributed by atoms with Crippen LogP contribution in [0.3, 0.4) is 0 Å². The average molecular weight is 436 g/mol. The summed E-state index contributed by atoms with van der Waals surface area (Å²) in [6, 6.07) is 25.6. The molecule has 0 saturated heterocycles. The number of phenols is 1. The second-order valence-corrected chi connectivity index (χ2v) is 8.14. The topological polar surface area (TPSA) is 99.9 Å². The molecule has 0 aliphatic carbocycles. The number of nitrogens with one attached hydrogen (secondary N) is 2. The summed E-state index contributed by atoms with van der Waals surface area (Å²) in [5, 5.41) is 22.0. The molecule has 164 valence electrons. The maximum absolute atomic E-state index is 10.5. The third kappa shape index (κ3) is 4.56. The lowest BCUT2D eigenvalue weighted by Crippen LogP contribution is -2.31. The summed E-state index contributed by atoms with van der Waals surface area (Å²) >= 11 is 0. The van der Waals surface area contributed by atoms with Crippen LogP contribution in [0.5, 0.6) is 5.75 Å². The highest BCUT2D eigenvalue weighted by molar-refractivity contribution is 5.90. The number of para-hydroxylation sites is 1. The molecule has 0 bridgehead atoms. The Morgan fingerprint density at radius 3 is 2.58 bits per heavy atom. The third-order valence-electron chi connectivity index (χ3n) is 5.71. The van der Waals surface area contributed by atoms with Crippen LogP contribution in [0.4, 0.5) is 5.69 Å². The smallest absolute Gasteiger partial charge is 0.124 e. The second kappa shape index (κ2) is 9.14. The van der Waals surface area contributed by atoms with E-state index in [2.05, 4.69) is 39.8 Å². The van der Waals surface area contributed by atoms with Crippen molar-refractivity contribution in [3.05, 3.63) is 96.8 Å². The summed E-state index contributed by atoms with van der Waals surface area (Å²) < 4.78 is 0. The molecule has 0 aliphatic rings. The van der Waals surface area contributed by atoms with Gasteiger partial charge in [-0.05, 0) is 47.9 Å². The van der Waals surface area contributed by atoms with E-state index < -0.39 is 0 Å². The monoisotopic (exact) mass is 435 g/mol. The van der Waals surface area contributed by atoms with Crippen molar-refractivity contribution in [3.8, 4) is 28.1 Å².